The van der Waals surface area contributed by atoms with Crippen molar-refractivity contribution in [1.82, 2.24) is 4.90 Å². The molecule has 3 heteroatoms. The molecule has 1 heterocycles. The molecule has 0 amide bonds. The number of nitrogens with zero attached hydrogens (tertiary/aromatic N) is 1. The summed E-state index contributed by atoms with van der Waals surface area (Å²) < 4.78 is 0. The van der Waals surface area contributed by atoms with Crippen LogP contribution in [0.4, 0.5) is 0 Å². The van der Waals surface area contributed by atoms with Gasteiger partial charge in [0.25, 0.3) is 0 Å². The van der Waals surface area contributed by atoms with Crippen LogP contribution in [-0.4, -0.2) is 31.3 Å². The number of thioether (sulfide) groups is 2. The van der Waals surface area contributed by atoms with E-state index in [2.05, 4.69) is 79.3 Å². The molecular formula is C19H23NS2. The van der Waals surface area contributed by atoms with E-state index < -0.39 is 0 Å². The fourth-order valence-electron chi connectivity index (χ4n) is 2.83. The number of benzene rings is 2. The van der Waals surface area contributed by atoms with E-state index in [4.69, 9.17) is 0 Å². The highest BCUT2D eigenvalue weighted by Crippen LogP contribution is 2.45. The van der Waals surface area contributed by atoms with Gasteiger partial charge in [-0.15, -0.1) is 23.5 Å². The standard InChI is InChI=1S/C19H23NS2/c1-20(2)12-7-13-21-19-16-9-4-3-8-15(16)14-22-18-11-6-5-10-17(18)19/h3-6,8-11,19H,7,12-14H2,1-2H3. The van der Waals surface area contributed by atoms with Crippen LogP contribution in [0.1, 0.15) is 28.4 Å². The van der Waals surface area contributed by atoms with Crippen molar-refractivity contribution in [1.29, 1.82) is 0 Å². The Balaban J connectivity index is 1.85. The van der Waals surface area contributed by atoms with Crippen molar-refractivity contribution in [2.75, 3.05) is 26.4 Å². The highest BCUT2D eigenvalue weighted by Gasteiger charge is 2.23. The molecule has 0 N–H and O–H groups in total. The first-order chi connectivity index (χ1) is 10.8. The SMILES string of the molecule is CN(C)CCCSC1c2ccccc2CSc2ccccc21. The van der Waals surface area contributed by atoms with E-state index in [9.17, 15) is 0 Å². The summed E-state index contributed by atoms with van der Waals surface area (Å²) in [6.45, 7) is 1.16. The van der Waals surface area contributed by atoms with Crippen molar-refractivity contribution in [3.8, 4) is 0 Å². The summed E-state index contributed by atoms with van der Waals surface area (Å²) in [6.07, 6.45) is 1.24. The van der Waals surface area contributed by atoms with Crippen molar-refractivity contribution in [3.63, 3.8) is 0 Å². The summed E-state index contributed by atoms with van der Waals surface area (Å²) in [5, 5.41) is 0.476. The largest absolute Gasteiger partial charge is 0.309 e. The van der Waals surface area contributed by atoms with Crippen molar-refractivity contribution < 1.29 is 0 Å². The number of hydrogen-bond donors (Lipinski definition) is 0. The molecule has 0 spiro atoms. The van der Waals surface area contributed by atoms with Crippen molar-refractivity contribution in [3.05, 3.63) is 65.2 Å². The minimum absolute atomic E-state index is 0.476. The molecule has 0 saturated heterocycles. The van der Waals surface area contributed by atoms with Gasteiger partial charge in [0.1, 0.15) is 0 Å². The second kappa shape index (κ2) is 7.58. The lowest BCUT2D eigenvalue weighted by atomic mass is 10.0. The van der Waals surface area contributed by atoms with Gasteiger partial charge >= 0.3 is 0 Å². The Bertz CT molecular complexity index is 577. The molecule has 1 nitrogen and oxygen atoms in total. The topological polar surface area (TPSA) is 3.24 Å². The Morgan fingerprint density at radius 1 is 1.05 bits per heavy atom. The number of rotatable bonds is 5. The lowest BCUT2D eigenvalue weighted by Gasteiger charge is -2.20. The van der Waals surface area contributed by atoms with Gasteiger partial charge < -0.3 is 4.90 Å². The average Bonchev–Trinajstić information content (AvgIpc) is 2.69. The zero-order chi connectivity index (χ0) is 15.4. The van der Waals surface area contributed by atoms with Crippen molar-refractivity contribution in [2.24, 2.45) is 0 Å². The molecule has 0 aliphatic carbocycles. The molecular weight excluding hydrogens is 306 g/mol. The summed E-state index contributed by atoms with van der Waals surface area (Å²) >= 11 is 4.08. The summed E-state index contributed by atoms with van der Waals surface area (Å²) in [4.78, 5) is 3.72. The third-order valence-electron chi connectivity index (χ3n) is 3.96. The van der Waals surface area contributed by atoms with Gasteiger partial charge in [0.2, 0.25) is 0 Å². The Morgan fingerprint density at radius 2 is 1.77 bits per heavy atom. The van der Waals surface area contributed by atoms with Gasteiger partial charge in [-0.25, -0.2) is 0 Å². The van der Waals surface area contributed by atoms with Crippen LogP contribution in [0.2, 0.25) is 0 Å². The van der Waals surface area contributed by atoms with Gasteiger partial charge in [0.15, 0.2) is 0 Å². The normalized spacial score (nSPS) is 17.0. The monoisotopic (exact) mass is 329 g/mol. The van der Waals surface area contributed by atoms with Crippen LogP contribution in [0.15, 0.2) is 53.4 Å². The quantitative estimate of drug-likeness (QED) is 0.705. The molecule has 116 valence electrons. The van der Waals surface area contributed by atoms with E-state index >= 15 is 0 Å². The molecule has 2 aromatic carbocycles. The minimum Gasteiger partial charge on any atom is -0.309 e. The van der Waals surface area contributed by atoms with E-state index in [1.165, 1.54) is 33.8 Å². The second-order valence-electron chi connectivity index (χ2n) is 5.93. The molecule has 0 aromatic heterocycles. The molecule has 22 heavy (non-hydrogen) atoms. The Kier molecular flexibility index (Phi) is 5.51. The van der Waals surface area contributed by atoms with Gasteiger partial charge in [-0.1, -0.05) is 42.5 Å². The second-order valence-corrected chi connectivity index (χ2v) is 8.16. The van der Waals surface area contributed by atoms with Crippen LogP contribution >= 0.6 is 23.5 Å². The molecule has 1 aliphatic heterocycles. The third-order valence-corrected chi connectivity index (χ3v) is 6.46. The summed E-state index contributed by atoms with van der Waals surface area (Å²) in [7, 11) is 4.30. The molecule has 0 fully saturated rings. The van der Waals surface area contributed by atoms with Crippen LogP contribution in [0.3, 0.4) is 0 Å². The van der Waals surface area contributed by atoms with Gasteiger partial charge in [0.05, 0.1) is 5.25 Å². The predicted octanol–water partition coefficient (Wildman–Crippen LogP) is 5.07. The predicted molar refractivity (Wildman–Crippen MR) is 99.9 cm³/mol. The highest BCUT2D eigenvalue weighted by molar-refractivity contribution is 8.00. The van der Waals surface area contributed by atoms with E-state index in [0.29, 0.717) is 5.25 Å². The van der Waals surface area contributed by atoms with Gasteiger partial charge in [0, 0.05) is 10.6 Å². The minimum atomic E-state index is 0.476. The average molecular weight is 330 g/mol. The lowest BCUT2D eigenvalue weighted by molar-refractivity contribution is 0.410. The van der Waals surface area contributed by atoms with Crippen LogP contribution in [0.5, 0.6) is 0 Å². The van der Waals surface area contributed by atoms with Crippen molar-refractivity contribution >= 4 is 23.5 Å². The molecule has 0 saturated carbocycles. The Labute approximate surface area is 142 Å². The molecule has 2 aromatic rings. The third kappa shape index (κ3) is 3.70. The Hall–Kier alpha value is -0.900. The van der Waals surface area contributed by atoms with Crippen LogP contribution in [0.25, 0.3) is 0 Å². The fraction of sp³-hybridized carbons (Fsp3) is 0.368. The maximum Gasteiger partial charge on any atom is 0.0560 e. The molecule has 1 atom stereocenters. The first-order valence-corrected chi connectivity index (χ1v) is 9.85. The summed E-state index contributed by atoms with van der Waals surface area (Å²) in [6, 6.07) is 17.9. The molecule has 0 bridgehead atoms. The first-order valence-electron chi connectivity index (χ1n) is 7.81. The maximum atomic E-state index is 2.32. The zero-order valence-corrected chi connectivity index (χ0v) is 14.9. The summed E-state index contributed by atoms with van der Waals surface area (Å²) in [5.41, 5.74) is 4.50. The van der Waals surface area contributed by atoms with Crippen LogP contribution in [-0.2, 0) is 5.75 Å². The van der Waals surface area contributed by atoms with Gasteiger partial charge in [-0.05, 0) is 55.6 Å². The first kappa shape index (κ1) is 16.0. The number of fused-ring (bicyclic) bond motifs is 2. The number of hydrogen-bond acceptors (Lipinski definition) is 3. The maximum absolute atomic E-state index is 2.32. The Morgan fingerprint density at radius 3 is 2.59 bits per heavy atom. The molecule has 1 aliphatic rings. The lowest BCUT2D eigenvalue weighted by Crippen LogP contribution is -2.13. The molecule has 3 rings (SSSR count). The van der Waals surface area contributed by atoms with Crippen LogP contribution < -0.4 is 0 Å². The zero-order valence-electron chi connectivity index (χ0n) is 13.3. The summed E-state index contributed by atoms with van der Waals surface area (Å²) in [5.74, 6) is 2.29. The van der Waals surface area contributed by atoms with Gasteiger partial charge in [-0.2, -0.15) is 0 Å². The molecule has 1 unspecified atom stereocenters. The smallest absolute Gasteiger partial charge is 0.0560 e. The van der Waals surface area contributed by atoms with E-state index in [1.54, 1.807) is 0 Å². The van der Waals surface area contributed by atoms with E-state index in [-0.39, 0.29) is 0 Å². The van der Waals surface area contributed by atoms with E-state index in [0.717, 1.165) is 12.3 Å². The molecule has 0 radical (unpaired) electrons. The fourth-order valence-corrected chi connectivity index (χ4v) is 5.34. The van der Waals surface area contributed by atoms with Crippen LogP contribution in [0, 0.1) is 0 Å². The van der Waals surface area contributed by atoms with Crippen molar-refractivity contribution in [2.45, 2.75) is 22.3 Å². The highest BCUT2D eigenvalue weighted by atomic mass is 32.2. The van der Waals surface area contributed by atoms with Gasteiger partial charge in [-0.3, -0.25) is 0 Å². The van der Waals surface area contributed by atoms with E-state index in [1.807, 2.05) is 11.8 Å².